The zero-order valence-corrected chi connectivity index (χ0v) is 12.2. The van der Waals surface area contributed by atoms with Crippen LogP contribution in [0.1, 0.15) is 36.7 Å². The van der Waals surface area contributed by atoms with E-state index in [0.717, 1.165) is 25.8 Å². The largest absolute Gasteiger partial charge is 0.464 e. The molecule has 1 saturated carbocycles. The number of pyridine rings is 1. The Hall–Kier alpha value is -2.18. The maximum absolute atomic E-state index is 11.6. The van der Waals surface area contributed by atoms with Crippen molar-refractivity contribution in [2.24, 2.45) is 5.92 Å². The number of carbonyl (C=O) groups is 1. The van der Waals surface area contributed by atoms with E-state index >= 15 is 0 Å². The maximum atomic E-state index is 11.6. The van der Waals surface area contributed by atoms with Crippen molar-refractivity contribution >= 4 is 17.5 Å². The Morgan fingerprint density at radius 3 is 2.76 bits per heavy atom. The molecule has 0 unspecified atom stereocenters. The van der Waals surface area contributed by atoms with Gasteiger partial charge in [-0.3, -0.25) is 10.1 Å². The number of anilines is 1. The lowest BCUT2D eigenvalue weighted by Crippen LogP contribution is -2.28. The van der Waals surface area contributed by atoms with Crippen molar-refractivity contribution in [3.63, 3.8) is 0 Å². The summed E-state index contributed by atoms with van der Waals surface area (Å²) in [4.78, 5) is 28.4. The predicted molar refractivity (Wildman–Crippen MR) is 77.5 cm³/mol. The number of rotatable bonds is 7. The van der Waals surface area contributed by atoms with Crippen LogP contribution in [0.15, 0.2) is 12.1 Å². The molecule has 7 heteroatoms. The van der Waals surface area contributed by atoms with Crippen LogP contribution in [0, 0.1) is 16.0 Å². The Morgan fingerprint density at radius 2 is 2.24 bits per heavy atom. The molecule has 0 bridgehead atoms. The number of hydrogen-bond donors (Lipinski definition) is 0. The molecule has 0 amide bonds. The van der Waals surface area contributed by atoms with Gasteiger partial charge in [-0.2, -0.15) is 0 Å². The highest BCUT2D eigenvalue weighted by Crippen LogP contribution is 2.34. The first-order valence-corrected chi connectivity index (χ1v) is 7.05. The van der Waals surface area contributed by atoms with Gasteiger partial charge in [0.05, 0.1) is 12.0 Å². The fraction of sp³-hybridized carbons (Fsp3) is 0.571. The van der Waals surface area contributed by atoms with Crippen LogP contribution >= 0.6 is 0 Å². The number of hydrogen-bond acceptors (Lipinski definition) is 6. The number of nitro groups is 1. The number of nitrogens with zero attached hydrogens (tertiary/aromatic N) is 3. The van der Waals surface area contributed by atoms with Crippen LogP contribution in [0.4, 0.5) is 11.5 Å². The highest BCUT2D eigenvalue weighted by Gasteiger charge is 2.29. The average Bonchev–Trinajstić information content (AvgIpc) is 3.29. The fourth-order valence-corrected chi connectivity index (χ4v) is 2.20. The number of methoxy groups -OCH3 is 1. The van der Waals surface area contributed by atoms with Crippen molar-refractivity contribution in [2.75, 3.05) is 25.1 Å². The van der Waals surface area contributed by atoms with Crippen LogP contribution in [0.2, 0.25) is 0 Å². The normalized spacial score (nSPS) is 13.8. The molecule has 1 aromatic rings. The zero-order chi connectivity index (χ0) is 15.4. The van der Waals surface area contributed by atoms with Crippen LogP contribution in [0.5, 0.6) is 0 Å². The summed E-state index contributed by atoms with van der Waals surface area (Å²) in [5.41, 5.74) is 0.0201. The first-order valence-electron chi connectivity index (χ1n) is 7.05. The van der Waals surface area contributed by atoms with Crippen molar-refractivity contribution in [3.8, 4) is 0 Å². The molecule has 1 aliphatic carbocycles. The smallest absolute Gasteiger partial charge is 0.356 e. The second-order valence-electron chi connectivity index (χ2n) is 5.18. The molecule has 2 rings (SSSR count). The van der Waals surface area contributed by atoms with E-state index in [2.05, 4.69) is 9.72 Å². The monoisotopic (exact) mass is 293 g/mol. The van der Waals surface area contributed by atoms with E-state index in [-0.39, 0.29) is 17.2 Å². The molecule has 0 N–H and O–H groups in total. The van der Waals surface area contributed by atoms with E-state index in [9.17, 15) is 14.9 Å². The standard InChI is InChI=1S/C14H19N3O4/c1-3-8-16(9-10-4-5-10)13-12(17(19)20)7-6-11(15-13)14(18)21-2/h6-7,10H,3-5,8-9H2,1-2H3. The third-order valence-corrected chi connectivity index (χ3v) is 3.41. The van der Waals surface area contributed by atoms with E-state index in [4.69, 9.17) is 0 Å². The third-order valence-electron chi connectivity index (χ3n) is 3.41. The Labute approximate surface area is 123 Å². The Bertz CT molecular complexity index is 543. The highest BCUT2D eigenvalue weighted by molar-refractivity contribution is 5.88. The Morgan fingerprint density at radius 1 is 1.52 bits per heavy atom. The second-order valence-corrected chi connectivity index (χ2v) is 5.18. The van der Waals surface area contributed by atoms with Crippen LogP contribution in [0.25, 0.3) is 0 Å². The second kappa shape index (κ2) is 6.51. The van der Waals surface area contributed by atoms with Gasteiger partial charge in [0.25, 0.3) is 0 Å². The minimum atomic E-state index is -0.589. The van der Waals surface area contributed by atoms with Gasteiger partial charge >= 0.3 is 11.7 Å². The lowest BCUT2D eigenvalue weighted by atomic mass is 10.2. The molecule has 1 heterocycles. The van der Waals surface area contributed by atoms with E-state index in [0.29, 0.717) is 12.5 Å². The van der Waals surface area contributed by atoms with Gasteiger partial charge in [0.1, 0.15) is 0 Å². The van der Waals surface area contributed by atoms with Crippen molar-refractivity contribution in [3.05, 3.63) is 27.9 Å². The van der Waals surface area contributed by atoms with Gasteiger partial charge in [0.2, 0.25) is 5.82 Å². The lowest BCUT2D eigenvalue weighted by Gasteiger charge is -2.23. The first-order chi connectivity index (χ1) is 10.1. The van der Waals surface area contributed by atoms with Crippen molar-refractivity contribution < 1.29 is 14.5 Å². The fourth-order valence-electron chi connectivity index (χ4n) is 2.20. The lowest BCUT2D eigenvalue weighted by molar-refractivity contribution is -0.384. The van der Waals surface area contributed by atoms with Crippen LogP contribution < -0.4 is 4.90 Å². The van der Waals surface area contributed by atoms with Gasteiger partial charge in [-0.1, -0.05) is 6.92 Å². The summed E-state index contributed by atoms with van der Waals surface area (Å²) in [5, 5.41) is 11.2. The molecule has 0 spiro atoms. The maximum Gasteiger partial charge on any atom is 0.356 e. The first kappa shape index (κ1) is 15.2. The Balaban J connectivity index is 2.38. The molecule has 0 radical (unpaired) electrons. The summed E-state index contributed by atoms with van der Waals surface area (Å²) in [6.07, 6.45) is 3.14. The Kier molecular flexibility index (Phi) is 4.72. The molecule has 1 aliphatic rings. The average molecular weight is 293 g/mol. The summed E-state index contributed by atoms with van der Waals surface area (Å²) >= 11 is 0. The third kappa shape index (κ3) is 3.68. The molecular formula is C14H19N3O4. The topological polar surface area (TPSA) is 85.6 Å². The van der Waals surface area contributed by atoms with Gasteiger partial charge in [-0.15, -0.1) is 0 Å². The van der Waals surface area contributed by atoms with E-state index < -0.39 is 10.9 Å². The molecule has 1 aromatic heterocycles. The van der Waals surface area contributed by atoms with Gasteiger partial charge < -0.3 is 9.64 Å². The number of carbonyl (C=O) groups excluding carboxylic acids is 1. The van der Waals surface area contributed by atoms with Crippen LogP contribution in [0.3, 0.4) is 0 Å². The van der Waals surface area contributed by atoms with Crippen LogP contribution in [-0.4, -0.2) is 36.1 Å². The SMILES string of the molecule is CCCN(CC1CC1)c1nc(C(=O)OC)ccc1[N+](=O)[O-]. The molecular weight excluding hydrogens is 274 g/mol. The molecule has 0 atom stereocenters. The van der Waals surface area contributed by atoms with E-state index in [1.54, 1.807) is 0 Å². The molecule has 0 aliphatic heterocycles. The zero-order valence-electron chi connectivity index (χ0n) is 12.2. The van der Waals surface area contributed by atoms with Crippen molar-refractivity contribution in [1.29, 1.82) is 0 Å². The summed E-state index contributed by atoms with van der Waals surface area (Å²) in [5.74, 6) is 0.241. The molecule has 0 aromatic carbocycles. The number of esters is 1. The summed E-state index contributed by atoms with van der Waals surface area (Å²) in [7, 11) is 1.26. The predicted octanol–water partition coefficient (Wildman–Crippen LogP) is 2.40. The molecule has 114 valence electrons. The van der Waals surface area contributed by atoms with Gasteiger partial charge in [0, 0.05) is 19.2 Å². The molecule has 0 saturated heterocycles. The summed E-state index contributed by atoms with van der Waals surface area (Å²) < 4.78 is 4.63. The highest BCUT2D eigenvalue weighted by atomic mass is 16.6. The minimum absolute atomic E-state index is 0.0725. The molecule has 21 heavy (non-hydrogen) atoms. The van der Waals surface area contributed by atoms with Crippen molar-refractivity contribution in [2.45, 2.75) is 26.2 Å². The van der Waals surface area contributed by atoms with Gasteiger partial charge in [0.15, 0.2) is 5.69 Å². The summed E-state index contributed by atoms with van der Waals surface area (Å²) in [6, 6.07) is 2.65. The molecule has 7 nitrogen and oxygen atoms in total. The quantitative estimate of drug-likeness (QED) is 0.436. The van der Waals surface area contributed by atoms with Gasteiger partial charge in [-0.05, 0) is 31.2 Å². The van der Waals surface area contributed by atoms with Crippen LogP contribution in [-0.2, 0) is 4.74 Å². The minimum Gasteiger partial charge on any atom is -0.464 e. The number of ether oxygens (including phenoxy) is 1. The number of aromatic nitrogens is 1. The van der Waals surface area contributed by atoms with E-state index in [1.807, 2.05) is 11.8 Å². The summed E-state index contributed by atoms with van der Waals surface area (Å²) in [6.45, 7) is 3.43. The molecule has 1 fully saturated rings. The van der Waals surface area contributed by atoms with Gasteiger partial charge in [-0.25, -0.2) is 9.78 Å². The van der Waals surface area contributed by atoms with E-state index in [1.165, 1.54) is 19.2 Å². The van der Waals surface area contributed by atoms with Crippen molar-refractivity contribution in [1.82, 2.24) is 4.98 Å².